The molecule has 0 saturated heterocycles. The summed E-state index contributed by atoms with van der Waals surface area (Å²) in [7, 11) is -2.39. The van der Waals surface area contributed by atoms with Gasteiger partial charge in [0.1, 0.15) is 24.1 Å². The first kappa shape index (κ1) is 30.6. The molecule has 0 bridgehead atoms. The molecule has 1 N–H and O–H groups in total. The van der Waals surface area contributed by atoms with Crippen molar-refractivity contribution in [2.24, 2.45) is 0 Å². The van der Waals surface area contributed by atoms with Crippen LogP contribution < -0.4 is 14.4 Å². The second-order valence-corrected chi connectivity index (χ2v) is 11.9. The van der Waals surface area contributed by atoms with Gasteiger partial charge in [-0.05, 0) is 53.6 Å². The van der Waals surface area contributed by atoms with Crippen molar-refractivity contribution in [1.82, 2.24) is 10.2 Å². The number of hydrogen-bond donors (Lipinski definition) is 1. The number of likely N-dealkylation sites (N-methyl/N-ethyl adjacent to an activating group) is 1. The Hall–Kier alpha value is -4.34. The Bertz CT molecular complexity index is 1600. The fraction of sp³-hybridized carbons (Fsp3) is 0.188. The summed E-state index contributed by atoms with van der Waals surface area (Å²) >= 11 is 6.44. The summed E-state index contributed by atoms with van der Waals surface area (Å²) in [6.45, 7) is -0.519. The largest absolute Gasteiger partial charge is 0.457 e. The first-order valence-electron chi connectivity index (χ1n) is 13.2. The number of carbonyl (C=O) groups excluding carboxylic acids is 2. The minimum absolute atomic E-state index is 0.00484. The van der Waals surface area contributed by atoms with Crippen molar-refractivity contribution >= 4 is 39.1 Å². The summed E-state index contributed by atoms with van der Waals surface area (Å²) in [4.78, 5) is 28.6. The zero-order valence-corrected chi connectivity index (χ0v) is 24.9. The molecule has 4 aromatic carbocycles. The third-order valence-electron chi connectivity index (χ3n) is 6.60. The van der Waals surface area contributed by atoms with E-state index in [2.05, 4.69) is 5.32 Å². The van der Waals surface area contributed by atoms with Gasteiger partial charge in [-0.2, -0.15) is 0 Å². The van der Waals surface area contributed by atoms with Crippen LogP contribution in [0.15, 0.2) is 109 Å². The molecule has 0 aliphatic carbocycles. The molecule has 0 radical (unpaired) electrons. The number of nitrogens with zero attached hydrogens (tertiary/aromatic N) is 2. The molecule has 1 atom stereocenters. The molecule has 0 aromatic heterocycles. The third kappa shape index (κ3) is 8.11. The van der Waals surface area contributed by atoms with E-state index in [4.69, 9.17) is 16.3 Å². The second kappa shape index (κ2) is 14.0. The maximum Gasteiger partial charge on any atom is 0.244 e. The first-order valence-corrected chi connectivity index (χ1v) is 15.5. The van der Waals surface area contributed by atoms with Crippen molar-refractivity contribution in [2.75, 3.05) is 24.2 Å². The van der Waals surface area contributed by atoms with Crippen LogP contribution in [0.3, 0.4) is 0 Å². The summed E-state index contributed by atoms with van der Waals surface area (Å²) in [5.74, 6) is 0.198. The van der Waals surface area contributed by atoms with Crippen LogP contribution in [0.1, 0.15) is 11.1 Å². The summed E-state index contributed by atoms with van der Waals surface area (Å²) < 4.78 is 32.7. The van der Waals surface area contributed by atoms with E-state index in [1.54, 1.807) is 60.7 Å². The van der Waals surface area contributed by atoms with Gasteiger partial charge in [0.2, 0.25) is 21.8 Å². The minimum Gasteiger partial charge on any atom is -0.457 e. The summed E-state index contributed by atoms with van der Waals surface area (Å²) in [5.41, 5.74) is 1.75. The number of carbonyl (C=O) groups is 2. The molecule has 0 spiro atoms. The number of benzene rings is 4. The molecule has 0 heterocycles. The van der Waals surface area contributed by atoms with Crippen LogP contribution in [-0.4, -0.2) is 51.0 Å². The molecular weight excluding hydrogens is 574 g/mol. The van der Waals surface area contributed by atoms with Crippen LogP contribution in [-0.2, 0) is 32.6 Å². The van der Waals surface area contributed by atoms with Gasteiger partial charge < -0.3 is 15.0 Å². The van der Waals surface area contributed by atoms with Crippen LogP contribution in [0, 0.1) is 0 Å². The number of anilines is 1. The van der Waals surface area contributed by atoms with Gasteiger partial charge in [-0.25, -0.2) is 8.42 Å². The van der Waals surface area contributed by atoms with E-state index in [0.29, 0.717) is 22.1 Å². The monoisotopic (exact) mass is 605 g/mol. The molecule has 0 fully saturated rings. The van der Waals surface area contributed by atoms with Crippen molar-refractivity contribution in [3.05, 3.63) is 125 Å². The number of para-hydroxylation sites is 1. The quantitative estimate of drug-likeness (QED) is 0.237. The predicted molar refractivity (Wildman–Crippen MR) is 165 cm³/mol. The van der Waals surface area contributed by atoms with Crippen LogP contribution in [0.4, 0.5) is 5.69 Å². The van der Waals surface area contributed by atoms with Crippen molar-refractivity contribution in [3.8, 4) is 11.5 Å². The smallest absolute Gasteiger partial charge is 0.244 e. The average Bonchev–Trinajstić information content (AvgIpc) is 2.99. The lowest BCUT2D eigenvalue weighted by Crippen LogP contribution is -2.52. The molecule has 0 aliphatic rings. The maximum atomic E-state index is 14.0. The van der Waals surface area contributed by atoms with Crippen molar-refractivity contribution in [3.63, 3.8) is 0 Å². The highest BCUT2D eigenvalue weighted by molar-refractivity contribution is 7.92. The number of ether oxygens (including phenoxy) is 1. The predicted octanol–water partition coefficient (Wildman–Crippen LogP) is 5.28. The Morgan fingerprint density at radius 1 is 0.833 bits per heavy atom. The highest BCUT2D eigenvalue weighted by Crippen LogP contribution is 2.27. The Kier molecular flexibility index (Phi) is 10.2. The Balaban J connectivity index is 1.66. The molecule has 8 nitrogen and oxygen atoms in total. The van der Waals surface area contributed by atoms with E-state index >= 15 is 0 Å². The molecule has 2 amide bonds. The topological polar surface area (TPSA) is 96.0 Å². The number of hydrogen-bond acceptors (Lipinski definition) is 5. The molecular formula is C32H32ClN3O5S. The molecule has 218 valence electrons. The average molecular weight is 606 g/mol. The molecule has 0 saturated carbocycles. The molecule has 4 rings (SSSR count). The number of rotatable bonds is 12. The van der Waals surface area contributed by atoms with Crippen LogP contribution in [0.5, 0.6) is 11.5 Å². The van der Waals surface area contributed by atoms with E-state index in [1.807, 2.05) is 48.5 Å². The van der Waals surface area contributed by atoms with Gasteiger partial charge in [0.05, 0.1) is 11.9 Å². The standard InChI is InChI=1S/C32H32ClN3O5S/c1-34-32(38)30(21-24-11-5-3-6-12-24)35(22-25-13-9-10-16-29(25)33)31(37)23-36(42(2,39)40)26-17-19-28(20-18-26)41-27-14-7-4-8-15-27/h3-20,30H,21-23H2,1-2H3,(H,34,38)/t30-/m1/s1. The van der Waals surface area contributed by atoms with Crippen LogP contribution in [0.25, 0.3) is 0 Å². The second-order valence-electron chi connectivity index (χ2n) is 9.61. The number of sulfonamides is 1. The zero-order valence-electron chi connectivity index (χ0n) is 23.3. The highest BCUT2D eigenvalue weighted by atomic mass is 35.5. The molecule has 4 aromatic rings. The molecule has 42 heavy (non-hydrogen) atoms. The Morgan fingerprint density at radius 3 is 2.00 bits per heavy atom. The molecule has 10 heteroatoms. The van der Waals surface area contributed by atoms with Gasteiger partial charge >= 0.3 is 0 Å². The van der Waals surface area contributed by atoms with Crippen LogP contribution >= 0.6 is 11.6 Å². The fourth-order valence-electron chi connectivity index (χ4n) is 4.45. The van der Waals surface area contributed by atoms with Gasteiger partial charge in [0, 0.05) is 25.0 Å². The summed E-state index contributed by atoms with van der Waals surface area (Å²) in [6.07, 6.45) is 1.26. The summed E-state index contributed by atoms with van der Waals surface area (Å²) in [6, 6.07) is 31.0. The van der Waals surface area contributed by atoms with E-state index in [0.717, 1.165) is 16.1 Å². The lowest BCUT2D eigenvalue weighted by molar-refractivity contribution is -0.139. The third-order valence-corrected chi connectivity index (χ3v) is 8.11. The summed E-state index contributed by atoms with van der Waals surface area (Å²) in [5, 5.41) is 3.08. The van der Waals surface area contributed by atoms with Crippen molar-refractivity contribution < 1.29 is 22.7 Å². The Morgan fingerprint density at radius 2 is 1.40 bits per heavy atom. The Labute approximate surface area is 251 Å². The van der Waals surface area contributed by atoms with Crippen molar-refractivity contribution in [2.45, 2.75) is 19.0 Å². The van der Waals surface area contributed by atoms with E-state index in [-0.39, 0.29) is 24.6 Å². The number of nitrogens with one attached hydrogen (secondary N) is 1. The lowest BCUT2D eigenvalue weighted by atomic mass is 10.0. The van der Waals surface area contributed by atoms with Gasteiger partial charge in [-0.15, -0.1) is 0 Å². The fourth-order valence-corrected chi connectivity index (χ4v) is 5.49. The number of halogens is 1. The first-order chi connectivity index (χ1) is 20.2. The minimum atomic E-state index is -3.89. The van der Waals surface area contributed by atoms with E-state index in [9.17, 15) is 18.0 Å². The van der Waals surface area contributed by atoms with Gasteiger partial charge in [0.25, 0.3) is 0 Å². The molecule has 0 unspecified atom stereocenters. The normalized spacial score (nSPS) is 11.8. The van der Waals surface area contributed by atoms with Crippen LogP contribution in [0.2, 0.25) is 5.02 Å². The van der Waals surface area contributed by atoms with Crippen molar-refractivity contribution in [1.29, 1.82) is 0 Å². The highest BCUT2D eigenvalue weighted by Gasteiger charge is 2.33. The number of amides is 2. The van der Waals surface area contributed by atoms with Gasteiger partial charge in [-0.3, -0.25) is 13.9 Å². The zero-order chi connectivity index (χ0) is 30.1. The van der Waals surface area contributed by atoms with E-state index < -0.39 is 28.5 Å². The van der Waals surface area contributed by atoms with Gasteiger partial charge in [-0.1, -0.05) is 78.3 Å². The maximum absolute atomic E-state index is 14.0. The molecule has 0 aliphatic heterocycles. The van der Waals surface area contributed by atoms with E-state index in [1.165, 1.54) is 11.9 Å². The van der Waals surface area contributed by atoms with Gasteiger partial charge in [0.15, 0.2) is 0 Å². The lowest BCUT2D eigenvalue weighted by Gasteiger charge is -2.33. The SMILES string of the molecule is CNC(=O)[C@@H](Cc1ccccc1)N(Cc1ccccc1Cl)C(=O)CN(c1ccc(Oc2ccccc2)cc1)S(C)(=O)=O.